The lowest BCUT2D eigenvalue weighted by molar-refractivity contribution is 0.534. The lowest BCUT2D eigenvalue weighted by atomic mass is 10.1. The molecule has 0 atom stereocenters. The maximum Gasteiger partial charge on any atom is 0.346 e. The summed E-state index contributed by atoms with van der Waals surface area (Å²) in [6, 6.07) is 21.8. The highest BCUT2D eigenvalue weighted by Crippen LogP contribution is 2.33. The summed E-state index contributed by atoms with van der Waals surface area (Å²) in [7, 11) is 1.99. The Bertz CT molecular complexity index is 1070. The van der Waals surface area contributed by atoms with Crippen LogP contribution in [-0.2, 0) is 7.05 Å². The lowest BCUT2D eigenvalue weighted by Gasteiger charge is -2.06. The van der Waals surface area contributed by atoms with Gasteiger partial charge < -0.3 is 8.98 Å². The highest BCUT2D eigenvalue weighted by molar-refractivity contribution is 5.99. The molecule has 0 aliphatic rings. The number of hydrogen-bond acceptors (Lipinski definition) is 2. The number of rotatable bonds is 2. The summed E-state index contributed by atoms with van der Waals surface area (Å²) in [5, 5.41) is 1.58. The quantitative estimate of drug-likeness (QED) is 0.534. The molecular weight excluding hydrogens is 298 g/mol. The Balaban J connectivity index is 2.09. The normalized spacial score (nSPS) is 11.1. The van der Waals surface area contributed by atoms with E-state index in [0.717, 1.165) is 27.9 Å². The zero-order chi connectivity index (χ0) is 16.7. The van der Waals surface area contributed by atoms with Gasteiger partial charge in [-0.05, 0) is 18.6 Å². The van der Waals surface area contributed by atoms with Crippen molar-refractivity contribution in [2.45, 2.75) is 6.92 Å². The second-order valence-corrected chi connectivity index (χ2v) is 5.91. The van der Waals surface area contributed by atoms with Crippen molar-refractivity contribution in [1.29, 1.82) is 0 Å². The summed E-state index contributed by atoms with van der Waals surface area (Å²) in [4.78, 5) is 12.6. The zero-order valence-electron chi connectivity index (χ0n) is 13.6. The minimum atomic E-state index is -0.290. The van der Waals surface area contributed by atoms with Crippen LogP contribution in [0.5, 0.6) is 0 Å². The van der Waals surface area contributed by atoms with Crippen LogP contribution in [0.1, 0.15) is 5.69 Å². The topological polar surface area (TPSA) is 35.1 Å². The molecule has 0 radical (unpaired) electrons. The van der Waals surface area contributed by atoms with E-state index in [2.05, 4.69) is 16.7 Å². The first-order chi connectivity index (χ1) is 11.7. The predicted molar refractivity (Wildman–Crippen MR) is 97.1 cm³/mol. The van der Waals surface area contributed by atoms with E-state index in [1.165, 1.54) is 0 Å². The highest BCUT2D eigenvalue weighted by Gasteiger charge is 2.18. The van der Waals surface area contributed by atoms with Gasteiger partial charge in [0.05, 0.1) is 11.1 Å². The molecule has 0 aliphatic heterocycles. The van der Waals surface area contributed by atoms with Gasteiger partial charge in [-0.3, -0.25) is 0 Å². The molecule has 0 aliphatic carbocycles. The fourth-order valence-corrected chi connectivity index (χ4v) is 3.23. The molecule has 0 N–H and O–H groups in total. The van der Waals surface area contributed by atoms with Gasteiger partial charge in [0.1, 0.15) is 5.76 Å². The van der Waals surface area contributed by atoms with Crippen molar-refractivity contribution < 1.29 is 4.42 Å². The lowest BCUT2D eigenvalue weighted by Crippen LogP contribution is -2.01. The third-order valence-corrected chi connectivity index (χ3v) is 4.51. The number of aromatic nitrogens is 1. The minimum Gasteiger partial charge on any atom is -0.422 e. The van der Waals surface area contributed by atoms with Gasteiger partial charge in [0.15, 0.2) is 0 Å². The number of nitrogens with zero attached hydrogens (tertiary/aromatic N) is 1. The number of hydrogen-bond donors (Lipinski definition) is 0. The van der Waals surface area contributed by atoms with Gasteiger partial charge in [0, 0.05) is 23.7 Å². The van der Waals surface area contributed by atoms with Crippen LogP contribution in [-0.4, -0.2) is 4.57 Å². The van der Waals surface area contributed by atoms with Crippen molar-refractivity contribution in [3.8, 4) is 22.6 Å². The molecule has 0 saturated heterocycles. The average molecular weight is 315 g/mol. The van der Waals surface area contributed by atoms with E-state index in [0.29, 0.717) is 11.1 Å². The van der Waals surface area contributed by atoms with Crippen molar-refractivity contribution in [2.75, 3.05) is 0 Å². The largest absolute Gasteiger partial charge is 0.422 e. The zero-order valence-corrected chi connectivity index (χ0v) is 13.6. The van der Waals surface area contributed by atoms with E-state index < -0.39 is 0 Å². The maximum atomic E-state index is 12.6. The van der Waals surface area contributed by atoms with Crippen LogP contribution >= 0.6 is 0 Å². The van der Waals surface area contributed by atoms with Crippen LogP contribution in [0, 0.1) is 6.92 Å². The Morgan fingerprint density at radius 1 is 0.875 bits per heavy atom. The fraction of sp³-hybridized carbons (Fsp3) is 0.0952. The summed E-state index contributed by atoms with van der Waals surface area (Å²) < 4.78 is 7.65. The third-order valence-electron chi connectivity index (χ3n) is 4.51. The molecule has 4 aromatic rings. The van der Waals surface area contributed by atoms with Crippen LogP contribution in [0.15, 0.2) is 75.9 Å². The molecule has 0 amide bonds. The second kappa shape index (κ2) is 5.53. The number of fused-ring (bicyclic) bond motifs is 1. The Kier molecular flexibility index (Phi) is 3.35. The van der Waals surface area contributed by atoms with Gasteiger partial charge in [-0.1, -0.05) is 60.7 Å². The van der Waals surface area contributed by atoms with Crippen LogP contribution in [0.3, 0.4) is 0 Å². The van der Waals surface area contributed by atoms with E-state index in [1.54, 1.807) is 0 Å². The molecule has 4 rings (SSSR count). The maximum absolute atomic E-state index is 12.6. The first-order valence-electron chi connectivity index (χ1n) is 7.91. The van der Waals surface area contributed by atoms with Crippen molar-refractivity contribution >= 4 is 10.8 Å². The molecule has 2 aromatic carbocycles. The van der Waals surface area contributed by atoms with Gasteiger partial charge in [0.25, 0.3) is 0 Å². The number of benzene rings is 2. The van der Waals surface area contributed by atoms with E-state index in [9.17, 15) is 4.79 Å². The van der Waals surface area contributed by atoms with Gasteiger partial charge in [-0.15, -0.1) is 0 Å². The SMILES string of the molecule is Cc1c2c(=O)oc(-c3ccccc3)cc2c(-c2ccccc2)n1C. The average Bonchev–Trinajstić information content (AvgIpc) is 2.88. The summed E-state index contributed by atoms with van der Waals surface area (Å²) in [5.74, 6) is 0.593. The second-order valence-electron chi connectivity index (χ2n) is 5.91. The van der Waals surface area contributed by atoms with Crippen molar-refractivity contribution in [2.24, 2.45) is 7.05 Å². The fourth-order valence-electron chi connectivity index (χ4n) is 3.23. The van der Waals surface area contributed by atoms with Crippen molar-refractivity contribution in [1.82, 2.24) is 4.57 Å². The molecule has 0 unspecified atom stereocenters. The molecule has 2 aromatic heterocycles. The molecule has 0 saturated carbocycles. The predicted octanol–water partition coefficient (Wildman–Crippen LogP) is 4.77. The summed E-state index contributed by atoms with van der Waals surface area (Å²) in [6.07, 6.45) is 0. The Morgan fingerprint density at radius 2 is 1.46 bits per heavy atom. The summed E-state index contributed by atoms with van der Waals surface area (Å²) in [6.45, 7) is 1.95. The van der Waals surface area contributed by atoms with E-state index >= 15 is 0 Å². The van der Waals surface area contributed by atoms with E-state index in [1.807, 2.05) is 68.6 Å². The Hall–Kier alpha value is -3.07. The van der Waals surface area contributed by atoms with Gasteiger partial charge in [-0.25, -0.2) is 4.79 Å². The standard InChI is InChI=1S/C21H17NO2/c1-14-19-17(20(22(14)2)16-11-7-4-8-12-16)13-18(24-21(19)23)15-9-5-3-6-10-15/h3-13H,1-2H3. The van der Waals surface area contributed by atoms with Gasteiger partial charge in [-0.2, -0.15) is 0 Å². The summed E-state index contributed by atoms with van der Waals surface area (Å²) in [5.41, 5.74) is 3.65. The molecule has 0 bridgehead atoms. The van der Waals surface area contributed by atoms with Crippen LogP contribution in [0.2, 0.25) is 0 Å². The molecule has 0 fully saturated rings. The molecule has 118 valence electrons. The van der Waals surface area contributed by atoms with Gasteiger partial charge in [0.2, 0.25) is 0 Å². The molecular formula is C21H17NO2. The summed E-state index contributed by atoms with van der Waals surface area (Å²) >= 11 is 0. The minimum absolute atomic E-state index is 0.290. The van der Waals surface area contributed by atoms with Crippen LogP contribution in [0.4, 0.5) is 0 Å². The number of aryl methyl sites for hydroxylation is 1. The highest BCUT2D eigenvalue weighted by atomic mass is 16.4. The first-order valence-corrected chi connectivity index (χ1v) is 7.91. The Labute approximate surface area is 139 Å². The molecule has 2 heterocycles. The van der Waals surface area contributed by atoms with Crippen molar-refractivity contribution in [3.63, 3.8) is 0 Å². The van der Waals surface area contributed by atoms with Gasteiger partial charge >= 0.3 is 5.63 Å². The molecule has 0 spiro atoms. The van der Waals surface area contributed by atoms with E-state index in [-0.39, 0.29) is 5.63 Å². The first kappa shape index (κ1) is 14.5. The van der Waals surface area contributed by atoms with Crippen molar-refractivity contribution in [3.05, 3.63) is 82.8 Å². The third kappa shape index (κ3) is 2.17. The molecule has 24 heavy (non-hydrogen) atoms. The monoisotopic (exact) mass is 315 g/mol. The Morgan fingerprint density at radius 3 is 2.08 bits per heavy atom. The molecule has 3 nitrogen and oxygen atoms in total. The molecule has 3 heteroatoms. The van der Waals surface area contributed by atoms with Crippen LogP contribution < -0.4 is 5.63 Å². The van der Waals surface area contributed by atoms with E-state index in [4.69, 9.17) is 4.42 Å². The van der Waals surface area contributed by atoms with Crippen LogP contribution in [0.25, 0.3) is 33.4 Å². The smallest absolute Gasteiger partial charge is 0.346 e.